The SMILES string of the molecule is CS(=O)(=O)N1CCCC(CNc2c(F)cc(F)cc2F)C1. The molecule has 1 N–H and O–H groups in total. The molecule has 0 amide bonds. The number of anilines is 1. The lowest BCUT2D eigenvalue weighted by Gasteiger charge is -2.31. The molecule has 0 radical (unpaired) electrons. The second-order valence-corrected chi connectivity index (χ2v) is 7.24. The number of hydrogen-bond donors (Lipinski definition) is 1. The van der Waals surface area contributed by atoms with Crippen LogP contribution in [0.15, 0.2) is 12.1 Å². The van der Waals surface area contributed by atoms with Crippen LogP contribution in [0.25, 0.3) is 0 Å². The van der Waals surface area contributed by atoms with Gasteiger partial charge in [0.05, 0.1) is 6.26 Å². The predicted octanol–water partition coefficient (Wildman–Crippen LogP) is 2.19. The van der Waals surface area contributed by atoms with Gasteiger partial charge in [0.25, 0.3) is 0 Å². The topological polar surface area (TPSA) is 49.4 Å². The second kappa shape index (κ2) is 6.23. The molecule has 8 heteroatoms. The van der Waals surface area contributed by atoms with E-state index in [-0.39, 0.29) is 18.2 Å². The van der Waals surface area contributed by atoms with Crippen molar-refractivity contribution in [3.05, 3.63) is 29.6 Å². The van der Waals surface area contributed by atoms with Crippen LogP contribution in [0.1, 0.15) is 12.8 Å². The van der Waals surface area contributed by atoms with Crippen molar-refractivity contribution < 1.29 is 21.6 Å². The maximum atomic E-state index is 13.5. The number of benzene rings is 1. The molecule has 1 aliphatic heterocycles. The van der Waals surface area contributed by atoms with E-state index in [4.69, 9.17) is 0 Å². The van der Waals surface area contributed by atoms with Crippen LogP contribution in [-0.4, -0.2) is 38.6 Å². The molecule has 1 saturated heterocycles. The normalized spacial score (nSPS) is 20.5. The van der Waals surface area contributed by atoms with Gasteiger partial charge in [-0.1, -0.05) is 0 Å². The Morgan fingerprint density at radius 2 is 1.90 bits per heavy atom. The first-order valence-electron chi connectivity index (χ1n) is 6.61. The maximum Gasteiger partial charge on any atom is 0.211 e. The predicted molar refractivity (Wildman–Crippen MR) is 73.9 cm³/mol. The van der Waals surface area contributed by atoms with Gasteiger partial charge in [-0.05, 0) is 18.8 Å². The zero-order chi connectivity index (χ0) is 15.6. The molecule has 1 aromatic rings. The van der Waals surface area contributed by atoms with Gasteiger partial charge in [-0.2, -0.15) is 0 Å². The summed E-state index contributed by atoms with van der Waals surface area (Å²) in [6.45, 7) is 1.01. The van der Waals surface area contributed by atoms with Crippen LogP contribution in [0, 0.1) is 23.4 Å². The van der Waals surface area contributed by atoms with Gasteiger partial charge in [-0.3, -0.25) is 0 Å². The van der Waals surface area contributed by atoms with Gasteiger partial charge in [-0.25, -0.2) is 25.9 Å². The Hall–Kier alpha value is -1.28. The van der Waals surface area contributed by atoms with E-state index >= 15 is 0 Å². The van der Waals surface area contributed by atoms with Gasteiger partial charge in [-0.15, -0.1) is 0 Å². The third kappa shape index (κ3) is 4.10. The smallest absolute Gasteiger partial charge is 0.211 e. The minimum absolute atomic E-state index is 0.0441. The highest BCUT2D eigenvalue weighted by atomic mass is 32.2. The van der Waals surface area contributed by atoms with Crippen LogP contribution >= 0.6 is 0 Å². The molecule has 1 unspecified atom stereocenters. The zero-order valence-electron chi connectivity index (χ0n) is 11.6. The number of halogens is 3. The molecule has 0 aliphatic carbocycles. The van der Waals surface area contributed by atoms with E-state index in [9.17, 15) is 21.6 Å². The lowest BCUT2D eigenvalue weighted by atomic mass is 9.99. The number of rotatable bonds is 4. The van der Waals surface area contributed by atoms with Crippen molar-refractivity contribution in [2.75, 3.05) is 31.2 Å². The van der Waals surface area contributed by atoms with Crippen LogP contribution in [-0.2, 0) is 10.0 Å². The molecule has 0 saturated carbocycles. The van der Waals surface area contributed by atoms with Crippen molar-refractivity contribution in [3.8, 4) is 0 Å². The molecule has 2 rings (SSSR count). The van der Waals surface area contributed by atoms with Crippen LogP contribution in [0.3, 0.4) is 0 Å². The lowest BCUT2D eigenvalue weighted by Crippen LogP contribution is -2.41. The number of nitrogens with zero attached hydrogens (tertiary/aromatic N) is 1. The van der Waals surface area contributed by atoms with E-state index in [1.807, 2.05) is 0 Å². The van der Waals surface area contributed by atoms with Gasteiger partial charge in [0.2, 0.25) is 10.0 Å². The van der Waals surface area contributed by atoms with E-state index in [1.165, 1.54) is 4.31 Å². The van der Waals surface area contributed by atoms with Gasteiger partial charge in [0.15, 0.2) is 11.6 Å². The molecule has 0 aromatic heterocycles. The number of nitrogens with one attached hydrogen (secondary N) is 1. The second-order valence-electron chi connectivity index (χ2n) is 5.25. The fourth-order valence-corrected chi connectivity index (χ4v) is 3.39. The van der Waals surface area contributed by atoms with Gasteiger partial charge in [0.1, 0.15) is 11.5 Å². The summed E-state index contributed by atoms with van der Waals surface area (Å²) in [4.78, 5) is 0. The Balaban J connectivity index is 2.00. The zero-order valence-corrected chi connectivity index (χ0v) is 12.4. The van der Waals surface area contributed by atoms with E-state index in [0.29, 0.717) is 31.6 Å². The largest absolute Gasteiger partial charge is 0.380 e. The summed E-state index contributed by atoms with van der Waals surface area (Å²) < 4.78 is 64.1. The summed E-state index contributed by atoms with van der Waals surface area (Å²) in [6, 6.07) is 1.21. The Morgan fingerprint density at radius 1 is 1.29 bits per heavy atom. The standard InChI is InChI=1S/C13H17F3N2O2S/c1-21(19,20)18-4-2-3-9(8-18)7-17-13-11(15)5-10(14)6-12(13)16/h5-6,9,17H,2-4,7-8H2,1H3. The Morgan fingerprint density at radius 3 is 2.48 bits per heavy atom. The molecular formula is C13H17F3N2O2S. The van der Waals surface area contributed by atoms with Gasteiger partial charge in [0, 0.05) is 31.8 Å². The minimum Gasteiger partial charge on any atom is -0.380 e. The third-order valence-corrected chi connectivity index (χ3v) is 4.79. The first-order valence-corrected chi connectivity index (χ1v) is 8.45. The molecule has 1 aliphatic rings. The minimum atomic E-state index is -3.26. The molecule has 1 atom stereocenters. The summed E-state index contributed by atoms with van der Waals surface area (Å²) in [6.07, 6.45) is 2.61. The molecule has 1 aromatic carbocycles. The highest BCUT2D eigenvalue weighted by molar-refractivity contribution is 7.88. The summed E-state index contributed by atoms with van der Waals surface area (Å²) in [5.41, 5.74) is -0.382. The quantitative estimate of drug-likeness (QED) is 0.924. The Kier molecular flexibility index (Phi) is 4.77. The van der Waals surface area contributed by atoms with Crippen molar-refractivity contribution in [2.45, 2.75) is 12.8 Å². The molecular weight excluding hydrogens is 305 g/mol. The summed E-state index contributed by atoms with van der Waals surface area (Å²) in [5, 5.41) is 2.61. The van der Waals surface area contributed by atoms with Crippen LogP contribution in [0.5, 0.6) is 0 Å². The third-order valence-electron chi connectivity index (χ3n) is 3.53. The molecule has 1 fully saturated rings. The highest BCUT2D eigenvalue weighted by Gasteiger charge is 2.26. The monoisotopic (exact) mass is 322 g/mol. The first kappa shape index (κ1) is 16.1. The Bertz CT molecular complexity index is 599. The Labute approximate surface area is 122 Å². The number of piperidine rings is 1. The number of sulfonamides is 1. The van der Waals surface area contributed by atoms with Crippen molar-refractivity contribution in [3.63, 3.8) is 0 Å². The maximum absolute atomic E-state index is 13.5. The molecule has 1 heterocycles. The van der Waals surface area contributed by atoms with Crippen molar-refractivity contribution >= 4 is 15.7 Å². The van der Waals surface area contributed by atoms with Crippen LogP contribution in [0.2, 0.25) is 0 Å². The van der Waals surface area contributed by atoms with Crippen molar-refractivity contribution in [2.24, 2.45) is 5.92 Å². The average Bonchev–Trinajstić information content (AvgIpc) is 2.36. The van der Waals surface area contributed by atoms with Crippen LogP contribution in [0.4, 0.5) is 18.9 Å². The van der Waals surface area contributed by atoms with Crippen LogP contribution < -0.4 is 5.32 Å². The molecule has 118 valence electrons. The van der Waals surface area contributed by atoms with Crippen molar-refractivity contribution in [1.29, 1.82) is 0 Å². The van der Waals surface area contributed by atoms with E-state index in [1.54, 1.807) is 0 Å². The molecule has 0 spiro atoms. The fraction of sp³-hybridized carbons (Fsp3) is 0.538. The molecule has 0 bridgehead atoms. The number of hydrogen-bond acceptors (Lipinski definition) is 3. The summed E-state index contributed by atoms with van der Waals surface area (Å²) in [5.74, 6) is -3.01. The van der Waals surface area contributed by atoms with E-state index < -0.39 is 27.5 Å². The highest BCUT2D eigenvalue weighted by Crippen LogP contribution is 2.23. The molecule has 21 heavy (non-hydrogen) atoms. The summed E-state index contributed by atoms with van der Waals surface area (Å²) in [7, 11) is -3.26. The first-order chi connectivity index (χ1) is 9.77. The fourth-order valence-electron chi connectivity index (χ4n) is 2.45. The van der Waals surface area contributed by atoms with E-state index in [0.717, 1.165) is 12.7 Å². The van der Waals surface area contributed by atoms with Gasteiger partial charge < -0.3 is 5.32 Å². The van der Waals surface area contributed by atoms with Crippen molar-refractivity contribution in [1.82, 2.24) is 4.31 Å². The average molecular weight is 322 g/mol. The van der Waals surface area contributed by atoms with Gasteiger partial charge >= 0.3 is 0 Å². The lowest BCUT2D eigenvalue weighted by molar-refractivity contribution is 0.276. The summed E-state index contributed by atoms with van der Waals surface area (Å²) >= 11 is 0. The molecule has 4 nitrogen and oxygen atoms in total. The van der Waals surface area contributed by atoms with E-state index in [2.05, 4.69) is 5.32 Å².